The van der Waals surface area contributed by atoms with Crippen LogP contribution in [0.5, 0.6) is 0 Å². The first-order chi connectivity index (χ1) is 17.5. The molecule has 7 atom stereocenters. The molecule has 0 radical (unpaired) electrons. The minimum absolute atomic E-state index is 0.0296. The van der Waals surface area contributed by atoms with Gasteiger partial charge in [-0.25, -0.2) is 4.98 Å². The van der Waals surface area contributed by atoms with Gasteiger partial charge in [-0.15, -0.1) is 11.3 Å². The zero-order chi connectivity index (χ0) is 28.6. The number of aliphatic hydroxyl groups excluding tert-OH is 2. The minimum atomic E-state index is -4.46. The molecule has 3 rings (SSSR count). The molecule has 10 heteroatoms. The van der Waals surface area contributed by atoms with Gasteiger partial charge in [0, 0.05) is 17.2 Å². The Morgan fingerprint density at radius 3 is 2.47 bits per heavy atom. The highest BCUT2D eigenvalue weighted by atomic mass is 32.1. The summed E-state index contributed by atoms with van der Waals surface area (Å²) in [6.07, 6.45) is -4.20. The number of esters is 1. The van der Waals surface area contributed by atoms with Crippen LogP contribution in [0.3, 0.4) is 0 Å². The van der Waals surface area contributed by atoms with Crippen molar-refractivity contribution in [3.8, 4) is 0 Å². The number of rotatable bonds is 2. The lowest BCUT2D eigenvalue weighted by atomic mass is 9.73. The average Bonchev–Trinajstić information content (AvgIpc) is 3.38. The summed E-state index contributed by atoms with van der Waals surface area (Å²) in [6, 6.07) is 0. The van der Waals surface area contributed by atoms with Crippen molar-refractivity contribution in [1.29, 1.82) is 0 Å². The van der Waals surface area contributed by atoms with Crippen molar-refractivity contribution in [3.05, 3.63) is 33.8 Å². The normalized spacial score (nSPS) is 35.5. The summed E-state index contributed by atoms with van der Waals surface area (Å²) in [4.78, 5) is 30.5. The second kappa shape index (κ2) is 11.2. The van der Waals surface area contributed by atoms with Crippen LogP contribution in [-0.4, -0.2) is 51.4 Å². The number of aliphatic hydroxyl groups is 2. The maximum absolute atomic E-state index is 14.2. The fourth-order valence-corrected chi connectivity index (χ4v) is 5.92. The number of nitrogens with zero attached hydrogens (tertiary/aromatic N) is 1. The molecule has 2 N–H and O–H groups in total. The van der Waals surface area contributed by atoms with Gasteiger partial charge in [0.25, 0.3) is 0 Å². The fraction of sp³-hybridized carbons (Fsp3) is 0.679. The molecule has 212 valence electrons. The quantitative estimate of drug-likeness (QED) is 0.360. The highest BCUT2D eigenvalue weighted by molar-refractivity contribution is 7.09. The molecule has 0 aromatic carbocycles. The topological polar surface area (TPSA) is 96.7 Å². The van der Waals surface area contributed by atoms with E-state index in [1.54, 1.807) is 19.9 Å². The second-order valence-corrected chi connectivity index (χ2v) is 12.6. The summed E-state index contributed by atoms with van der Waals surface area (Å²) >= 11 is 1.43. The van der Waals surface area contributed by atoms with Crippen LogP contribution in [0.25, 0.3) is 6.08 Å². The van der Waals surface area contributed by atoms with Crippen molar-refractivity contribution in [2.24, 2.45) is 28.6 Å². The SMILES string of the molecule is CC(=Cc1csc(C)n1)[C@@H]1CC2CC2(C(F)(F)F)CC=C[C@H](C)[C@H](O)[C@@H](C)C(=O)C(C)(C)[C@@H](O)CC(=O)O1. The summed E-state index contributed by atoms with van der Waals surface area (Å²) in [5.41, 5.74) is -2.13. The van der Waals surface area contributed by atoms with E-state index in [4.69, 9.17) is 4.74 Å². The highest BCUT2D eigenvalue weighted by Gasteiger charge is 2.69. The largest absolute Gasteiger partial charge is 0.458 e. The van der Waals surface area contributed by atoms with Crippen LogP contribution in [-0.2, 0) is 14.3 Å². The van der Waals surface area contributed by atoms with Crippen LogP contribution < -0.4 is 0 Å². The van der Waals surface area contributed by atoms with Gasteiger partial charge in [0.05, 0.1) is 40.2 Å². The van der Waals surface area contributed by atoms with E-state index in [0.29, 0.717) is 11.3 Å². The Labute approximate surface area is 226 Å². The van der Waals surface area contributed by atoms with E-state index in [9.17, 15) is 33.0 Å². The molecule has 2 heterocycles. The Balaban J connectivity index is 1.98. The van der Waals surface area contributed by atoms with Gasteiger partial charge >= 0.3 is 12.1 Å². The highest BCUT2D eigenvalue weighted by Crippen LogP contribution is 2.66. The molecule has 6 nitrogen and oxygen atoms in total. The van der Waals surface area contributed by atoms with Crippen LogP contribution >= 0.6 is 11.3 Å². The lowest BCUT2D eigenvalue weighted by Crippen LogP contribution is -2.45. The Bertz CT molecular complexity index is 1090. The van der Waals surface area contributed by atoms with Gasteiger partial charge in [0.15, 0.2) is 0 Å². The van der Waals surface area contributed by atoms with Crippen molar-refractivity contribution in [2.45, 2.75) is 91.7 Å². The summed E-state index contributed by atoms with van der Waals surface area (Å²) in [7, 11) is 0. The number of allylic oxidation sites excluding steroid dienone is 1. The van der Waals surface area contributed by atoms with E-state index < -0.39 is 71.2 Å². The van der Waals surface area contributed by atoms with E-state index in [0.717, 1.165) is 5.01 Å². The van der Waals surface area contributed by atoms with E-state index >= 15 is 0 Å². The second-order valence-electron chi connectivity index (χ2n) is 11.5. The van der Waals surface area contributed by atoms with E-state index in [1.165, 1.54) is 44.3 Å². The van der Waals surface area contributed by atoms with E-state index in [1.807, 2.05) is 12.3 Å². The number of carbonyl (C=O) groups excluding carboxylic acids is 2. The number of hydrogen-bond donors (Lipinski definition) is 2. The number of carbonyl (C=O) groups is 2. The molecule has 0 saturated heterocycles. The zero-order valence-electron chi connectivity index (χ0n) is 22.7. The molecular weight excluding hydrogens is 519 g/mol. The van der Waals surface area contributed by atoms with Gasteiger partial charge in [-0.3, -0.25) is 9.59 Å². The van der Waals surface area contributed by atoms with Gasteiger partial charge in [-0.2, -0.15) is 13.2 Å². The number of alkyl halides is 3. The number of ketones is 1. The van der Waals surface area contributed by atoms with Crippen LogP contribution in [0, 0.1) is 35.5 Å². The van der Waals surface area contributed by atoms with Gasteiger partial charge in [-0.1, -0.05) is 39.8 Å². The van der Waals surface area contributed by atoms with Gasteiger partial charge in [0.1, 0.15) is 11.9 Å². The molecule has 2 unspecified atom stereocenters. The molecule has 1 aromatic rings. The molecule has 1 aromatic heterocycles. The van der Waals surface area contributed by atoms with Gasteiger partial charge in [0.2, 0.25) is 0 Å². The molecule has 0 spiro atoms. The van der Waals surface area contributed by atoms with Crippen LogP contribution in [0.15, 0.2) is 23.1 Å². The molecule has 0 bridgehead atoms. The molecule has 1 saturated carbocycles. The first-order valence-electron chi connectivity index (χ1n) is 12.9. The summed E-state index contributed by atoms with van der Waals surface area (Å²) in [6.45, 7) is 9.71. The number of thiazole rings is 1. The zero-order valence-corrected chi connectivity index (χ0v) is 23.5. The summed E-state index contributed by atoms with van der Waals surface area (Å²) < 4.78 is 48.4. The van der Waals surface area contributed by atoms with Gasteiger partial charge < -0.3 is 14.9 Å². The van der Waals surface area contributed by atoms with Crippen LogP contribution in [0.2, 0.25) is 0 Å². The number of aryl methyl sites for hydroxylation is 1. The van der Waals surface area contributed by atoms with Crippen LogP contribution in [0.4, 0.5) is 13.2 Å². The first kappa shape index (κ1) is 30.5. The van der Waals surface area contributed by atoms with Crippen molar-refractivity contribution in [1.82, 2.24) is 4.98 Å². The number of halogens is 3. The number of cyclic esters (lactones) is 1. The molecular formula is C28H38F3NO5S. The predicted octanol–water partition coefficient (Wildman–Crippen LogP) is 5.66. The Morgan fingerprint density at radius 2 is 1.89 bits per heavy atom. The number of fused-ring (bicyclic) bond motifs is 1. The lowest BCUT2D eigenvalue weighted by Gasteiger charge is -2.34. The maximum Gasteiger partial charge on any atom is 0.395 e. The molecule has 38 heavy (non-hydrogen) atoms. The first-order valence-corrected chi connectivity index (χ1v) is 13.8. The fourth-order valence-electron chi connectivity index (χ4n) is 5.35. The summed E-state index contributed by atoms with van der Waals surface area (Å²) in [5, 5.41) is 24.2. The smallest absolute Gasteiger partial charge is 0.395 e. The third-order valence-electron chi connectivity index (χ3n) is 8.30. The summed E-state index contributed by atoms with van der Waals surface area (Å²) in [5.74, 6) is -3.51. The van der Waals surface area contributed by atoms with Crippen molar-refractivity contribution in [3.63, 3.8) is 0 Å². The van der Waals surface area contributed by atoms with E-state index in [2.05, 4.69) is 4.98 Å². The number of aromatic nitrogens is 1. The number of Topliss-reactive ketones (excluding diaryl/α,β-unsaturated/α-hetero) is 1. The monoisotopic (exact) mass is 557 g/mol. The van der Waals surface area contributed by atoms with Crippen molar-refractivity contribution in [2.75, 3.05) is 0 Å². The molecule has 1 aliphatic carbocycles. The lowest BCUT2D eigenvalue weighted by molar-refractivity contribution is -0.192. The molecule has 0 amide bonds. The standard InChI is InChI=1S/C28H38F3NO5S/c1-15-8-7-9-27(28(29,30)31)13-19(27)11-21(16(2)10-20-14-38-18(4)32-20)37-23(34)12-22(33)26(5,6)25(36)17(3)24(15)35/h7-8,10,14-15,17,19,21-22,24,33,35H,9,11-13H2,1-6H3/t15-,17+,19?,21-,22-,24-,27?/m0/s1. The Hall–Kier alpha value is -2.04. The van der Waals surface area contributed by atoms with Crippen molar-refractivity contribution < 1.29 is 37.7 Å². The third-order valence-corrected chi connectivity index (χ3v) is 9.10. The van der Waals surface area contributed by atoms with Crippen molar-refractivity contribution >= 4 is 29.2 Å². The Kier molecular flexibility index (Phi) is 9.00. The predicted molar refractivity (Wildman–Crippen MR) is 139 cm³/mol. The molecule has 1 aliphatic heterocycles. The average molecular weight is 558 g/mol. The third kappa shape index (κ3) is 6.39. The van der Waals surface area contributed by atoms with Crippen LogP contribution in [0.1, 0.15) is 71.0 Å². The Morgan fingerprint density at radius 1 is 1.24 bits per heavy atom. The molecule has 2 aliphatic rings. The number of hydrogen-bond acceptors (Lipinski definition) is 7. The molecule has 1 fully saturated rings. The van der Waals surface area contributed by atoms with Gasteiger partial charge in [-0.05, 0) is 50.7 Å². The minimum Gasteiger partial charge on any atom is -0.458 e. The maximum atomic E-state index is 14.2. The number of ether oxygens (including phenoxy) is 1. The van der Waals surface area contributed by atoms with E-state index in [-0.39, 0.29) is 19.3 Å².